The van der Waals surface area contributed by atoms with Gasteiger partial charge in [-0.15, -0.1) is 0 Å². The van der Waals surface area contributed by atoms with E-state index in [1.807, 2.05) is 45.9 Å². The lowest BCUT2D eigenvalue weighted by Gasteiger charge is -2.22. The number of rotatable bonds is 5. The second kappa shape index (κ2) is 12.6. The van der Waals surface area contributed by atoms with E-state index in [1.54, 1.807) is 6.07 Å². The van der Waals surface area contributed by atoms with E-state index in [1.165, 1.54) is 11.1 Å². The molecule has 0 heterocycles. The second-order valence-electron chi connectivity index (χ2n) is 5.56. The van der Waals surface area contributed by atoms with Crippen LogP contribution in [0.25, 0.3) is 0 Å². The van der Waals surface area contributed by atoms with Gasteiger partial charge in [0.15, 0.2) is 0 Å². The summed E-state index contributed by atoms with van der Waals surface area (Å²) in [5, 5.41) is 10.2. The Morgan fingerprint density at radius 3 is 1.83 bits per heavy atom. The summed E-state index contributed by atoms with van der Waals surface area (Å²) < 4.78 is 0. The smallest absolute Gasteiger partial charge is 0.119 e. The van der Waals surface area contributed by atoms with Crippen LogP contribution in [0.15, 0.2) is 48.5 Å². The molecule has 0 spiro atoms. The number of hydrogen-bond acceptors (Lipinski definition) is 2. The molecule has 2 nitrogen and oxygen atoms in total. The first-order chi connectivity index (χ1) is 11.6. The summed E-state index contributed by atoms with van der Waals surface area (Å²) in [7, 11) is 4.17. The minimum atomic E-state index is 0.236. The average molecular weight is 330 g/mol. The van der Waals surface area contributed by atoms with Gasteiger partial charge in [-0.25, -0.2) is 0 Å². The molecule has 0 aliphatic carbocycles. The fraction of sp³-hybridized carbons (Fsp3) is 0.455. The zero-order valence-electron chi connectivity index (χ0n) is 16.5. The number of benzene rings is 2. The van der Waals surface area contributed by atoms with Crippen molar-refractivity contribution in [2.24, 2.45) is 0 Å². The van der Waals surface area contributed by atoms with Crippen LogP contribution in [-0.2, 0) is 0 Å². The highest BCUT2D eigenvalue weighted by atomic mass is 16.3. The van der Waals surface area contributed by atoms with E-state index in [2.05, 4.69) is 50.2 Å². The molecule has 2 heteroatoms. The Hall–Kier alpha value is -1.80. The summed E-state index contributed by atoms with van der Waals surface area (Å²) in [5.74, 6) is 0.624. The second-order valence-corrected chi connectivity index (χ2v) is 5.56. The van der Waals surface area contributed by atoms with Gasteiger partial charge in [0.25, 0.3) is 0 Å². The SMILES string of the molecule is CC.CC.Cc1ccccc1[C@@H](CCN(C)C)c1ccccc1O. The quantitative estimate of drug-likeness (QED) is 0.745. The largest absolute Gasteiger partial charge is 0.508 e. The fourth-order valence-electron chi connectivity index (χ4n) is 2.63. The normalized spacial score (nSPS) is 11.0. The van der Waals surface area contributed by atoms with E-state index in [9.17, 15) is 5.11 Å². The topological polar surface area (TPSA) is 23.5 Å². The molecule has 2 aromatic carbocycles. The summed E-state index contributed by atoms with van der Waals surface area (Å²) in [4.78, 5) is 2.19. The maximum atomic E-state index is 10.2. The van der Waals surface area contributed by atoms with Gasteiger partial charge >= 0.3 is 0 Å². The van der Waals surface area contributed by atoms with Gasteiger partial charge < -0.3 is 10.0 Å². The first-order valence-corrected chi connectivity index (χ1v) is 9.07. The monoisotopic (exact) mass is 329 g/mol. The standard InChI is InChI=1S/C18H23NO.2C2H6/c1-14-8-4-5-9-15(14)16(12-13-19(2)3)17-10-6-7-11-18(17)20;2*1-2/h4-11,16,20H,12-13H2,1-3H3;2*1-2H3/t16-;;/m1../s1. The third-order valence-electron chi connectivity index (χ3n) is 3.74. The van der Waals surface area contributed by atoms with Crippen molar-refractivity contribution in [2.45, 2.75) is 47.0 Å². The Morgan fingerprint density at radius 2 is 1.33 bits per heavy atom. The number of aromatic hydroxyl groups is 1. The predicted octanol–water partition coefficient (Wildman–Crippen LogP) is 5.84. The summed E-state index contributed by atoms with van der Waals surface area (Å²) in [6.45, 7) is 11.1. The Morgan fingerprint density at radius 1 is 0.833 bits per heavy atom. The van der Waals surface area contributed by atoms with E-state index < -0.39 is 0 Å². The van der Waals surface area contributed by atoms with Crippen LogP contribution >= 0.6 is 0 Å². The van der Waals surface area contributed by atoms with E-state index in [0.717, 1.165) is 18.5 Å². The van der Waals surface area contributed by atoms with Crippen molar-refractivity contribution in [2.75, 3.05) is 20.6 Å². The summed E-state index contributed by atoms with van der Waals surface area (Å²) in [6, 6.07) is 16.1. The van der Waals surface area contributed by atoms with Crippen LogP contribution in [0.4, 0.5) is 0 Å². The number of aryl methyl sites for hydroxylation is 1. The Balaban J connectivity index is 0.00000123. The zero-order chi connectivity index (χ0) is 18.5. The van der Waals surface area contributed by atoms with Crippen molar-refractivity contribution in [1.29, 1.82) is 0 Å². The molecule has 0 unspecified atom stereocenters. The lowest BCUT2D eigenvalue weighted by Crippen LogP contribution is -2.17. The van der Waals surface area contributed by atoms with Crippen LogP contribution in [0, 0.1) is 6.92 Å². The number of para-hydroxylation sites is 1. The van der Waals surface area contributed by atoms with Crippen molar-refractivity contribution < 1.29 is 5.11 Å². The van der Waals surface area contributed by atoms with Crippen LogP contribution in [0.3, 0.4) is 0 Å². The van der Waals surface area contributed by atoms with Gasteiger partial charge in [-0.05, 0) is 51.2 Å². The molecule has 0 amide bonds. The molecule has 0 aromatic heterocycles. The molecule has 2 rings (SSSR count). The van der Waals surface area contributed by atoms with Gasteiger partial charge in [-0.1, -0.05) is 70.2 Å². The molecule has 134 valence electrons. The van der Waals surface area contributed by atoms with Crippen LogP contribution < -0.4 is 0 Å². The van der Waals surface area contributed by atoms with Crippen molar-refractivity contribution in [1.82, 2.24) is 4.90 Å². The molecule has 0 bridgehead atoms. The van der Waals surface area contributed by atoms with E-state index >= 15 is 0 Å². The Bertz CT molecular complexity index is 518. The van der Waals surface area contributed by atoms with Gasteiger partial charge in [0.2, 0.25) is 0 Å². The summed E-state index contributed by atoms with van der Waals surface area (Å²) >= 11 is 0. The lowest BCUT2D eigenvalue weighted by molar-refractivity contribution is 0.386. The molecule has 0 saturated carbocycles. The molecule has 2 aromatic rings. The molecule has 24 heavy (non-hydrogen) atoms. The van der Waals surface area contributed by atoms with Crippen molar-refractivity contribution in [3.05, 3.63) is 65.2 Å². The van der Waals surface area contributed by atoms with Crippen LogP contribution in [0.2, 0.25) is 0 Å². The maximum absolute atomic E-state index is 10.2. The predicted molar refractivity (Wildman–Crippen MR) is 107 cm³/mol. The Kier molecular flexibility index (Phi) is 11.7. The lowest BCUT2D eigenvalue weighted by atomic mass is 9.85. The molecule has 0 aliphatic rings. The molecule has 0 aliphatic heterocycles. The van der Waals surface area contributed by atoms with Gasteiger partial charge in [0, 0.05) is 11.5 Å². The number of phenolic OH excluding ortho intramolecular Hbond substituents is 1. The Labute approximate surface area is 149 Å². The van der Waals surface area contributed by atoms with Crippen molar-refractivity contribution in [3.63, 3.8) is 0 Å². The van der Waals surface area contributed by atoms with E-state index in [-0.39, 0.29) is 5.92 Å². The van der Waals surface area contributed by atoms with Crippen LogP contribution in [-0.4, -0.2) is 30.6 Å². The number of phenols is 1. The van der Waals surface area contributed by atoms with Crippen LogP contribution in [0.1, 0.15) is 56.7 Å². The molecule has 1 atom stereocenters. The highest BCUT2D eigenvalue weighted by molar-refractivity contribution is 5.43. The first kappa shape index (κ1) is 22.2. The zero-order valence-corrected chi connectivity index (χ0v) is 16.5. The highest BCUT2D eigenvalue weighted by Crippen LogP contribution is 2.35. The minimum absolute atomic E-state index is 0.236. The summed E-state index contributed by atoms with van der Waals surface area (Å²) in [6.07, 6.45) is 0.995. The number of hydrogen-bond donors (Lipinski definition) is 1. The van der Waals surface area contributed by atoms with Crippen molar-refractivity contribution in [3.8, 4) is 5.75 Å². The maximum Gasteiger partial charge on any atom is 0.119 e. The van der Waals surface area contributed by atoms with Gasteiger partial charge in [0.1, 0.15) is 5.75 Å². The first-order valence-electron chi connectivity index (χ1n) is 9.07. The molecule has 0 radical (unpaired) electrons. The highest BCUT2D eigenvalue weighted by Gasteiger charge is 2.18. The molecule has 0 saturated heterocycles. The molecular weight excluding hydrogens is 294 g/mol. The molecular formula is C22H35NO. The van der Waals surface area contributed by atoms with Gasteiger partial charge in [-0.2, -0.15) is 0 Å². The fourth-order valence-corrected chi connectivity index (χ4v) is 2.63. The third-order valence-corrected chi connectivity index (χ3v) is 3.74. The molecule has 1 N–H and O–H groups in total. The minimum Gasteiger partial charge on any atom is -0.508 e. The van der Waals surface area contributed by atoms with E-state index in [4.69, 9.17) is 0 Å². The van der Waals surface area contributed by atoms with Gasteiger partial charge in [-0.3, -0.25) is 0 Å². The van der Waals surface area contributed by atoms with Crippen molar-refractivity contribution >= 4 is 0 Å². The molecule has 0 fully saturated rings. The van der Waals surface area contributed by atoms with E-state index in [0.29, 0.717) is 5.75 Å². The number of nitrogens with zero attached hydrogens (tertiary/aromatic N) is 1. The van der Waals surface area contributed by atoms with Gasteiger partial charge in [0.05, 0.1) is 0 Å². The summed E-state index contributed by atoms with van der Waals surface area (Å²) in [5.41, 5.74) is 3.60. The third kappa shape index (κ3) is 6.76. The van der Waals surface area contributed by atoms with Crippen LogP contribution in [0.5, 0.6) is 5.75 Å². The average Bonchev–Trinajstić information content (AvgIpc) is 2.61.